The first kappa shape index (κ1) is 15.0. The number of nitrogens with zero attached hydrogens (tertiary/aromatic N) is 1. The van der Waals surface area contributed by atoms with Crippen LogP contribution in [0.4, 0.5) is 0 Å². The van der Waals surface area contributed by atoms with Gasteiger partial charge in [-0.25, -0.2) is 0 Å². The molecule has 5 nitrogen and oxygen atoms in total. The molecule has 0 aromatic carbocycles. The molecule has 1 saturated heterocycles. The smallest absolute Gasteiger partial charge is 0.323 e. The van der Waals surface area contributed by atoms with E-state index in [-0.39, 0.29) is 18.0 Å². The van der Waals surface area contributed by atoms with E-state index < -0.39 is 0 Å². The maximum atomic E-state index is 11.8. The van der Waals surface area contributed by atoms with Crippen molar-refractivity contribution in [2.24, 2.45) is 0 Å². The second-order valence-corrected chi connectivity index (χ2v) is 4.35. The van der Waals surface area contributed by atoms with Crippen molar-refractivity contribution in [2.45, 2.75) is 45.6 Å². The maximum absolute atomic E-state index is 11.8. The van der Waals surface area contributed by atoms with E-state index in [4.69, 9.17) is 9.47 Å². The Balaban J connectivity index is 2.44. The van der Waals surface area contributed by atoms with Gasteiger partial charge in [0.15, 0.2) is 0 Å². The van der Waals surface area contributed by atoms with Gasteiger partial charge >= 0.3 is 11.9 Å². The molecule has 0 bridgehead atoms. The maximum Gasteiger partial charge on any atom is 0.323 e. The molecule has 0 aromatic rings. The second-order valence-electron chi connectivity index (χ2n) is 4.35. The Morgan fingerprint density at radius 3 is 2.56 bits per heavy atom. The number of ether oxygens (including phenoxy) is 2. The molecule has 0 spiro atoms. The van der Waals surface area contributed by atoms with Crippen LogP contribution in [0.25, 0.3) is 0 Å². The normalized spacial score (nSPS) is 20.4. The van der Waals surface area contributed by atoms with Gasteiger partial charge in [-0.2, -0.15) is 0 Å². The fourth-order valence-corrected chi connectivity index (χ4v) is 2.23. The van der Waals surface area contributed by atoms with Crippen LogP contribution in [-0.2, 0) is 19.1 Å². The van der Waals surface area contributed by atoms with Gasteiger partial charge in [-0.3, -0.25) is 14.5 Å². The third-order valence-corrected chi connectivity index (χ3v) is 3.08. The molecule has 0 aromatic heterocycles. The molecule has 1 rings (SSSR count). The lowest BCUT2D eigenvalue weighted by Crippen LogP contribution is -2.46. The van der Waals surface area contributed by atoms with Gasteiger partial charge in [-0.15, -0.1) is 0 Å². The molecule has 0 aliphatic carbocycles. The van der Waals surface area contributed by atoms with E-state index in [1.165, 1.54) is 0 Å². The van der Waals surface area contributed by atoms with Crippen LogP contribution in [-0.4, -0.2) is 49.2 Å². The van der Waals surface area contributed by atoms with Crippen LogP contribution in [0.15, 0.2) is 0 Å². The number of piperidine rings is 1. The molecule has 0 saturated carbocycles. The van der Waals surface area contributed by atoms with Gasteiger partial charge < -0.3 is 9.47 Å². The van der Waals surface area contributed by atoms with Gasteiger partial charge in [0.2, 0.25) is 0 Å². The number of hydrogen-bond donors (Lipinski definition) is 0. The van der Waals surface area contributed by atoms with Crippen molar-refractivity contribution in [1.82, 2.24) is 4.90 Å². The zero-order chi connectivity index (χ0) is 13.4. The van der Waals surface area contributed by atoms with Crippen molar-refractivity contribution in [3.63, 3.8) is 0 Å². The second kappa shape index (κ2) is 8.08. The first-order chi connectivity index (χ1) is 8.69. The summed E-state index contributed by atoms with van der Waals surface area (Å²) in [6.07, 6.45) is 3.27. The third-order valence-electron chi connectivity index (χ3n) is 3.08. The van der Waals surface area contributed by atoms with Gasteiger partial charge in [0.1, 0.15) is 6.04 Å². The molecule has 5 heteroatoms. The summed E-state index contributed by atoms with van der Waals surface area (Å²) in [6, 6.07) is -0.187. The Morgan fingerprint density at radius 1 is 1.17 bits per heavy atom. The van der Waals surface area contributed by atoms with E-state index in [0.29, 0.717) is 26.2 Å². The molecule has 0 unspecified atom stereocenters. The Hall–Kier alpha value is -1.10. The Bertz CT molecular complexity index is 280. The van der Waals surface area contributed by atoms with Gasteiger partial charge in [0.05, 0.1) is 19.6 Å². The minimum atomic E-state index is -0.203. The fourth-order valence-electron chi connectivity index (χ4n) is 2.23. The number of carbonyl (C=O) groups is 2. The number of hydrogen-bond acceptors (Lipinski definition) is 5. The lowest BCUT2D eigenvalue weighted by atomic mass is 10.0. The number of likely N-dealkylation sites (tertiary alicyclic amines) is 1. The van der Waals surface area contributed by atoms with Gasteiger partial charge in [-0.05, 0) is 33.2 Å². The molecule has 1 fully saturated rings. The molecule has 1 atom stereocenters. The Labute approximate surface area is 108 Å². The fraction of sp³-hybridized carbons (Fsp3) is 0.846. The zero-order valence-electron chi connectivity index (χ0n) is 11.3. The van der Waals surface area contributed by atoms with Crippen LogP contribution >= 0.6 is 0 Å². The highest BCUT2D eigenvalue weighted by Gasteiger charge is 2.29. The highest BCUT2D eigenvalue weighted by Crippen LogP contribution is 2.18. The van der Waals surface area contributed by atoms with Crippen LogP contribution < -0.4 is 0 Å². The molecule has 0 N–H and O–H groups in total. The van der Waals surface area contributed by atoms with E-state index in [9.17, 15) is 9.59 Å². The molecule has 1 heterocycles. The first-order valence-corrected chi connectivity index (χ1v) is 6.75. The summed E-state index contributed by atoms with van der Waals surface area (Å²) in [6.45, 7) is 5.83. The van der Waals surface area contributed by atoms with Crippen molar-refractivity contribution in [3.05, 3.63) is 0 Å². The highest BCUT2D eigenvalue weighted by atomic mass is 16.5. The largest absolute Gasteiger partial charge is 0.466 e. The minimum Gasteiger partial charge on any atom is -0.466 e. The number of carbonyl (C=O) groups excluding carboxylic acids is 2. The quantitative estimate of drug-likeness (QED) is 0.672. The van der Waals surface area contributed by atoms with Crippen molar-refractivity contribution in [2.75, 3.05) is 26.3 Å². The van der Waals surface area contributed by atoms with E-state index in [2.05, 4.69) is 0 Å². The topological polar surface area (TPSA) is 55.8 Å². The highest BCUT2D eigenvalue weighted by molar-refractivity contribution is 5.76. The third kappa shape index (κ3) is 4.64. The summed E-state index contributed by atoms with van der Waals surface area (Å²) in [5.41, 5.74) is 0. The van der Waals surface area contributed by atoms with E-state index in [1.807, 2.05) is 11.8 Å². The van der Waals surface area contributed by atoms with Crippen molar-refractivity contribution < 1.29 is 19.1 Å². The molecule has 0 amide bonds. The van der Waals surface area contributed by atoms with Crippen LogP contribution in [0, 0.1) is 0 Å². The molecule has 1 aliphatic heterocycles. The van der Waals surface area contributed by atoms with Crippen LogP contribution in [0.2, 0.25) is 0 Å². The molecular formula is C13H23NO4. The average Bonchev–Trinajstić information content (AvgIpc) is 2.37. The molecule has 0 radical (unpaired) electrons. The summed E-state index contributed by atoms with van der Waals surface area (Å²) in [7, 11) is 0. The summed E-state index contributed by atoms with van der Waals surface area (Å²) in [4.78, 5) is 25.2. The van der Waals surface area contributed by atoms with Gasteiger partial charge in [0.25, 0.3) is 0 Å². The molecule has 104 valence electrons. The van der Waals surface area contributed by atoms with Crippen molar-refractivity contribution >= 4 is 11.9 Å². The molecular weight excluding hydrogens is 234 g/mol. The van der Waals surface area contributed by atoms with Gasteiger partial charge in [0, 0.05) is 6.54 Å². The monoisotopic (exact) mass is 257 g/mol. The van der Waals surface area contributed by atoms with Crippen LogP contribution in [0.1, 0.15) is 39.5 Å². The minimum absolute atomic E-state index is 0.166. The van der Waals surface area contributed by atoms with Crippen LogP contribution in [0.5, 0.6) is 0 Å². The Kier molecular flexibility index (Phi) is 6.72. The zero-order valence-corrected chi connectivity index (χ0v) is 11.3. The van der Waals surface area contributed by atoms with Gasteiger partial charge in [-0.1, -0.05) is 6.42 Å². The predicted molar refractivity (Wildman–Crippen MR) is 67.1 cm³/mol. The number of rotatable bonds is 6. The molecule has 1 aliphatic rings. The first-order valence-electron chi connectivity index (χ1n) is 6.75. The van der Waals surface area contributed by atoms with Crippen molar-refractivity contribution in [3.8, 4) is 0 Å². The van der Waals surface area contributed by atoms with Crippen molar-refractivity contribution in [1.29, 1.82) is 0 Å². The summed E-state index contributed by atoms with van der Waals surface area (Å²) in [5, 5.41) is 0. The SMILES string of the molecule is CCOC(=O)CCN1CCCC[C@@H]1C(=O)OCC. The Morgan fingerprint density at radius 2 is 1.89 bits per heavy atom. The molecule has 18 heavy (non-hydrogen) atoms. The van der Waals surface area contributed by atoms with E-state index >= 15 is 0 Å². The lowest BCUT2D eigenvalue weighted by Gasteiger charge is -2.33. The summed E-state index contributed by atoms with van der Waals surface area (Å²) >= 11 is 0. The standard InChI is InChI=1S/C13H23NO4/c1-3-17-12(15)8-10-14-9-6-5-7-11(14)13(16)18-4-2/h11H,3-10H2,1-2H3/t11-/m1/s1. The summed E-state index contributed by atoms with van der Waals surface area (Å²) < 4.78 is 9.96. The van der Waals surface area contributed by atoms with E-state index in [0.717, 1.165) is 25.8 Å². The average molecular weight is 257 g/mol. The predicted octanol–water partition coefficient (Wildman–Crippen LogP) is 1.36. The number of esters is 2. The van der Waals surface area contributed by atoms with E-state index in [1.54, 1.807) is 6.92 Å². The van der Waals surface area contributed by atoms with Crippen LogP contribution in [0.3, 0.4) is 0 Å². The lowest BCUT2D eigenvalue weighted by molar-refractivity contribution is -0.152. The summed E-state index contributed by atoms with van der Waals surface area (Å²) in [5.74, 6) is -0.369.